The largest absolute Gasteiger partial charge is 0.486 e. The van der Waals surface area contributed by atoms with Crippen molar-refractivity contribution in [2.45, 2.75) is 11.3 Å². The van der Waals surface area contributed by atoms with E-state index in [4.69, 9.17) is 9.47 Å². The number of ether oxygens (including phenoxy) is 2. The number of hydrogen-bond donors (Lipinski definition) is 2. The third kappa shape index (κ3) is 5.18. The van der Waals surface area contributed by atoms with Gasteiger partial charge >= 0.3 is 6.03 Å². The van der Waals surface area contributed by atoms with Crippen LogP contribution >= 0.6 is 11.8 Å². The van der Waals surface area contributed by atoms with E-state index in [1.165, 1.54) is 11.8 Å². The molecule has 0 radical (unpaired) electrons. The molecular formula is C22H22N4O4S. The second-order valence-corrected chi connectivity index (χ2v) is 7.84. The highest BCUT2D eigenvalue weighted by Crippen LogP contribution is 2.30. The number of aromatic nitrogens is 2. The molecular weight excluding hydrogens is 416 g/mol. The van der Waals surface area contributed by atoms with Crippen LogP contribution in [0, 0.1) is 0 Å². The summed E-state index contributed by atoms with van der Waals surface area (Å²) in [5.74, 6) is 0.986. The van der Waals surface area contributed by atoms with E-state index in [1.807, 2.05) is 66.2 Å². The van der Waals surface area contributed by atoms with Crippen molar-refractivity contribution in [1.82, 2.24) is 20.2 Å². The molecule has 1 aliphatic heterocycles. The molecule has 0 aliphatic carbocycles. The van der Waals surface area contributed by atoms with Gasteiger partial charge in [-0.2, -0.15) is 0 Å². The lowest BCUT2D eigenvalue weighted by atomic mass is 10.2. The van der Waals surface area contributed by atoms with Crippen LogP contribution in [0.3, 0.4) is 0 Å². The summed E-state index contributed by atoms with van der Waals surface area (Å²) in [6, 6.07) is 16.7. The van der Waals surface area contributed by atoms with Gasteiger partial charge in [0.05, 0.1) is 24.2 Å². The summed E-state index contributed by atoms with van der Waals surface area (Å²) in [6.07, 6.45) is 1.45. The van der Waals surface area contributed by atoms with Gasteiger partial charge in [-0.05, 0) is 17.7 Å². The monoisotopic (exact) mass is 438 g/mol. The Kier molecular flexibility index (Phi) is 6.42. The van der Waals surface area contributed by atoms with Crippen molar-refractivity contribution >= 4 is 23.7 Å². The summed E-state index contributed by atoms with van der Waals surface area (Å²) in [7, 11) is 1.90. The Morgan fingerprint density at radius 1 is 1.13 bits per heavy atom. The highest BCUT2D eigenvalue weighted by Gasteiger charge is 2.21. The predicted octanol–water partition coefficient (Wildman–Crippen LogP) is 2.85. The molecule has 2 heterocycles. The number of rotatable bonds is 6. The quantitative estimate of drug-likeness (QED) is 0.575. The molecule has 1 atom stereocenters. The van der Waals surface area contributed by atoms with Gasteiger partial charge in [-0.15, -0.1) is 0 Å². The number of imidazole rings is 1. The summed E-state index contributed by atoms with van der Waals surface area (Å²) in [4.78, 5) is 28.6. The zero-order valence-electron chi connectivity index (χ0n) is 16.9. The minimum atomic E-state index is -0.571. The van der Waals surface area contributed by atoms with Gasteiger partial charge in [0.15, 0.2) is 22.8 Å². The van der Waals surface area contributed by atoms with E-state index in [9.17, 15) is 9.59 Å². The molecule has 1 aromatic heterocycles. The van der Waals surface area contributed by atoms with Crippen molar-refractivity contribution in [3.63, 3.8) is 0 Å². The van der Waals surface area contributed by atoms with Crippen molar-refractivity contribution < 1.29 is 19.1 Å². The Labute approximate surface area is 184 Å². The first kappa shape index (κ1) is 20.8. The molecule has 160 valence electrons. The number of nitrogens with zero attached hydrogens (tertiary/aromatic N) is 2. The van der Waals surface area contributed by atoms with Crippen LogP contribution in [0.5, 0.6) is 11.5 Å². The summed E-state index contributed by atoms with van der Waals surface area (Å²) in [5, 5.41) is 5.66. The number of fused-ring (bicyclic) bond motifs is 1. The Bertz CT molecular complexity index is 1070. The fraction of sp³-hybridized carbons (Fsp3) is 0.227. The topological polar surface area (TPSA) is 94.5 Å². The number of thioether (sulfide) groups is 1. The Balaban J connectivity index is 1.22. The first-order chi connectivity index (χ1) is 15.1. The average Bonchev–Trinajstić information content (AvgIpc) is 3.17. The summed E-state index contributed by atoms with van der Waals surface area (Å²) < 4.78 is 13.3. The number of carbonyl (C=O) groups is 2. The van der Waals surface area contributed by atoms with E-state index >= 15 is 0 Å². The van der Waals surface area contributed by atoms with E-state index in [0.29, 0.717) is 23.3 Å². The zero-order valence-corrected chi connectivity index (χ0v) is 17.7. The van der Waals surface area contributed by atoms with Crippen molar-refractivity contribution in [1.29, 1.82) is 0 Å². The fourth-order valence-electron chi connectivity index (χ4n) is 3.11. The number of para-hydroxylation sites is 2. The molecule has 0 bridgehead atoms. The molecule has 4 rings (SSSR count). The van der Waals surface area contributed by atoms with Gasteiger partial charge in [-0.25, -0.2) is 9.78 Å². The molecule has 0 saturated carbocycles. The highest BCUT2D eigenvalue weighted by atomic mass is 32.2. The van der Waals surface area contributed by atoms with E-state index < -0.39 is 11.9 Å². The molecule has 0 fully saturated rings. The van der Waals surface area contributed by atoms with Gasteiger partial charge in [0.25, 0.3) is 0 Å². The SMILES string of the molecule is Cn1c(-c2ccccc2)cnc1SCC(=O)NC(=O)NC[C@H]1COc2ccccc2O1. The number of carbonyl (C=O) groups excluding carboxylic acids is 2. The maximum absolute atomic E-state index is 12.1. The van der Waals surface area contributed by atoms with Gasteiger partial charge in [-0.1, -0.05) is 54.2 Å². The molecule has 0 saturated heterocycles. The molecule has 3 aromatic rings. The van der Waals surface area contributed by atoms with Crippen LogP contribution in [0.1, 0.15) is 0 Å². The van der Waals surface area contributed by atoms with Crippen molar-refractivity contribution in [2.75, 3.05) is 18.9 Å². The number of imide groups is 1. The first-order valence-corrected chi connectivity index (χ1v) is 10.7. The lowest BCUT2D eigenvalue weighted by Crippen LogP contribution is -2.46. The maximum Gasteiger partial charge on any atom is 0.321 e. The third-order valence-electron chi connectivity index (χ3n) is 4.66. The maximum atomic E-state index is 12.1. The van der Waals surface area contributed by atoms with E-state index in [0.717, 1.165) is 11.3 Å². The van der Waals surface area contributed by atoms with Crippen molar-refractivity contribution in [3.05, 3.63) is 60.8 Å². The highest BCUT2D eigenvalue weighted by molar-refractivity contribution is 7.99. The van der Waals surface area contributed by atoms with E-state index in [1.54, 1.807) is 6.20 Å². The average molecular weight is 439 g/mol. The number of amides is 3. The van der Waals surface area contributed by atoms with E-state index in [-0.39, 0.29) is 18.4 Å². The van der Waals surface area contributed by atoms with Gasteiger partial charge in [0.1, 0.15) is 6.61 Å². The summed E-state index contributed by atoms with van der Waals surface area (Å²) >= 11 is 1.27. The first-order valence-electron chi connectivity index (χ1n) is 9.76. The summed E-state index contributed by atoms with van der Waals surface area (Å²) in [5.41, 5.74) is 2.00. The van der Waals surface area contributed by atoms with Crippen molar-refractivity contribution in [3.8, 4) is 22.8 Å². The minimum Gasteiger partial charge on any atom is -0.486 e. The zero-order chi connectivity index (χ0) is 21.6. The van der Waals surface area contributed by atoms with Gasteiger partial charge in [-0.3, -0.25) is 10.1 Å². The summed E-state index contributed by atoms with van der Waals surface area (Å²) in [6.45, 7) is 0.546. The fourth-order valence-corrected chi connectivity index (χ4v) is 3.86. The minimum absolute atomic E-state index is 0.0723. The molecule has 3 amide bonds. The molecule has 9 heteroatoms. The van der Waals surface area contributed by atoms with Crippen molar-refractivity contribution in [2.24, 2.45) is 7.05 Å². The van der Waals surface area contributed by atoms with Crippen LogP contribution in [0.25, 0.3) is 11.3 Å². The standard InChI is InChI=1S/C22H22N4O4S/c1-26-17(15-7-3-2-4-8-15)12-24-22(26)31-14-20(27)25-21(28)23-11-16-13-29-18-9-5-6-10-19(18)30-16/h2-10,12,16H,11,13-14H2,1H3,(H2,23,25,27,28)/t16-/m0/s1. The van der Waals surface area contributed by atoms with Gasteiger partial charge in [0, 0.05) is 7.05 Å². The van der Waals surface area contributed by atoms with Crippen LogP contribution in [0.4, 0.5) is 4.79 Å². The van der Waals surface area contributed by atoms with Crippen LogP contribution < -0.4 is 20.1 Å². The number of urea groups is 1. The van der Waals surface area contributed by atoms with Crippen LogP contribution in [0.2, 0.25) is 0 Å². The predicted molar refractivity (Wildman–Crippen MR) is 117 cm³/mol. The molecule has 2 aromatic carbocycles. The van der Waals surface area contributed by atoms with Crippen LogP contribution in [-0.4, -0.2) is 46.5 Å². The van der Waals surface area contributed by atoms with E-state index in [2.05, 4.69) is 15.6 Å². The number of benzene rings is 2. The molecule has 8 nitrogen and oxygen atoms in total. The Morgan fingerprint density at radius 2 is 1.87 bits per heavy atom. The molecule has 1 aliphatic rings. The normalized spacial score (nSPS) is 14.7. The number of hydrogen-bond acceptors (Lipinski definition) is 6. The lowest BCUT2D eigenvalue weighted by Gasteiger charge is -2.26. The van der Waals surface area contributed by atoms with Crippen LogP contribution in [-0.2, 0) is 11.8 Å². The molecule has 2 N–H and O–H groups in total. The lowest BCUT2D eigenvalue weighted by molar-refractivity contribution is -0.117. The van der Waals surface area contributed by atoms with Gasteiger partial charge in [0.2, 0.25) is 5.91 Å². The van der Waals surface area contributed by atoms with Gasteiger partial charge < -0.3 is 19.4 Å². The molecule has 0 unspecified atom stereocenters. The van der Waals surface area contributed by atoms with Crippen LogP contribution in [0.15, 0.2) is 66.0 Å². The second kappa shape index (κ2) is 9.57. The molecule has 0 spiro atoms. The Morgan fingerprint density at radius 3 is 2.68 bits per heavy atom. The smallest absolute Gasteiger partial charge is 0.321 e. The third-order valence-corrected chi connectivity index (χ3v) is 5.70. The second-order valence-electron chi connectivity index (χ2n) is 6.90. The Hall–Kier alpha value is -3.46. The number of nitrogens with one attached hydrogen (secondary N) is 2. The molecule has 31 heavy (non-hydrogen) atoms.